The van der Waals surface area contributed by atoms with Crippen LogP contribution in [-0.2, 0) is 47.7 Å². The Morgan fingerprint density at radius 3 is 1.08 bits per heavy atom. The molecule has 1 fully saturated rings. The topological polar surface area (TPSA) is 135 Å². The van der Waals surface area contributed by atoms with Crippen LogP contribution in [0.15, 0.2) is 0 Å². The van der Waals surface area contributed by atoms with Crippen molar-refractivity contribution in [3.63, 3.8) is 0 Å². The SMILES string of the molecule is CCCCCCCCCCCCCCCC(=O)OCC(COC(=O)CCCCC(COC(=O)CCCCCCC)COC(=O)CCCCCCC)COC(=O)C1CCN(C)C1. The Bertz CT molecular complexity index is 1090. The summed E-state index contributed by atoms with van der Waals surface area (Å²) >= 11 is 0. The van der Waals surface area contributed by atoms with Gasteiger partial charge in [-0.1, -0.05) is 156 Å². The summed E-state index contributed by atoms with van der Waals surface area (Å²) in [5.41, 5.74) is 0. The first kappa shape index (κ1) is 56.3. The minimum Gasteiger partial charge on any atom is -0.465 e. The van der Waals surface area contributed by atoms with Crippen LogP contribution >= 0.6 is 0 Å². The summed E-state index contributed by atoms with van der Waals surface area (Å²) in [6, 6.07) is 0. The van der Waals surface area contributed by atoms with Gasteiger partial charge in [-0.15, -0.1) is 0 Å². The van der Waals surface area contributed by atoms with E-state index in [1.807, 2.05) is 7.05 Å². The van der Waals surface area contributed by atoms with Crippen molar-refractivity contribution in [3.8, 4) is 0 Å². The van der Waals surface area contributed by atoms with Gasteiger partial charge < -0.3 is 28.6 Å². The molecule has 0 amide bonds. The van der Waals surface area contributed by atoms with Crippen LogP contribution in [0, 0.1) is 17.8 Å². The summed E-state index contributed by atoms with van der Waals surface area (Å²) < 4.78 is 28.0. The van der Waals surface area contributed by atoms with Gasteiger partial charge in [-0.3, -0.25) is 24.0 Å². The van der Waals surface area contributed by atoms with E-state index in [0.29, 0.717) is 45.1 Å². The van der Waals surface area contributed by atoms with Crippen molar-refractivity contribution in [2.24, 2.45) is 17.8 Å². The van der Waals surface area contributed by atoms with Crippen molar-refractivity contribution in [2.45, 2.75) is 220 Å². The molecule has 1 aliphatic rings. The van der Waals surface area contributed by atoms with Crippen LogP contribution in [0.25, 0.3) is 0 Å². The maximum atomic E-state index is 12.8. The van der Waals surface area contributed by atoms with Gasteiger partial charge in [0.1, 0.15) is 19.8 Å². The molecule has 356 valence electrons. The lowest BCUT2D eigenvalue weighted by Crippen LogP contribution is -2.29. The molecule has 1 saturated heterocycles. The molecule has 11 heteroatoms. The van der Waals surface area contributed by atoms with Gasteiger partial charge in [0, 0.05) is 38.1 Å². The van der Waals surface area contributed by atoms with E-state index >= 15 is 0 Å². The minimum absolute atomic E-state index is 0.00888. The Labute approximate surface area is 372 Å². The number of rotatable bonds is 42. The number of esters is 5. The van der Waals surface area contributed by atoms with Gasteiger partial charge in [-0.2, -0.15) is 0 Å². The highest BCUT2D eigenvalue weighted by Gasteiger charge is 2.28. The second kappa shape index (κ2) is 40.1. The van der Waals surface area contributed by atoms with Gasteiger partial charge in [0.25, 0.3) is 0 Å². The highest BCUT2D eigenvalue weighted by atomic mass is 16.6. The third-order valence-corrected chi connectivity index (χ3v) is 11.8. The van der Waals surface area contributed by atoms with Crippen molar-refractivity contribution in [2.75, 3.05) is 53.2 Å². The highest BCUT2D eigenvalue weighted by molar-refractivity contribution is 5.73. The Hall–Kier alpha value is -2.69. The summed E-state index contributed by atoms with van der Waals surface area (Å²) in [5.74, 6) is -2.20. The summed E-state index contributed by atoms with van der Waals surface area (Å²) in [6.07, 6.45) is 30.4. The van der Waals surface area contributed by atoms with Crippen molar-refractivity contribution in [1.82, 2.24) is 4.90 Å². The number of carbonyl (C=O) groups is 5. The standard InChI is InChI=1S/C50H91NO10/c1-5-8-11-14-15-16-17-18-19-20-21-24-27-33-48(54)59-40-44(42-61-50(56)45-35-36-51(4)37-45)41-60-49(55)34-29-28-30-43(38-57-46(52)31-25-22-12-9-6-2)39-58-47(53)32-26-23-13-10-7-3/h43-45H,5-42H2,1-4H3. The van der Waals surface area contributed by atoms with Crippen LogP contribution in [0.3, 0.4) is 0 Å². The molecule has 2 unspecified atom stereocenters. The van der Waals surface area contributed by atoms with E-state index in [0.717, 1.165) is 96.4 Å². The van der Waals surface area contributed by atoms with Gasteiger partial charge in [-0.25, -0.2) is 0 Å². The lowest BCUT2D eigenvalue weighted by Gasteiger charge is -2.19. The molecule has 1 rings (SSSR count). The monoisotopic (exact) mass is 866 g/mol. The fourth-order valence-electron chi connectivity index (χ4n) is 7.67. The first-order chi connectivity index (χ1) is 29.7. The Balaban J connectivity index is 2.51. The van der Waals surface area contributed by atoms with E-state index in [-0.39, 0.29) is 81.1 Å². The molecule has 2 atom stereocenters. The van der Waals surface area contributed by atoms with E-state index in [1.54, 1.807) is 0 Å². The Kier molecular flexibility index (Phi) is 37.0. The molecule has 0 aliphatic carbocycles. The van der Waals surface area contributed by atoms with Gasteiger partial charge in [0.15, 0.2) is 0 Å². The van der Waals surface area contributed by atoms with Crippen LogP contribution in [0.4, 0.5) is 0 Å². The third-order valence-electron chi connectivity index (χ3n) is 11.8. The van der Waals surface area contributed by atoms with Gasteiger partial charge in [-0.05, 0) is 52.1 Å². The van der Waals surface area contributed by atoms with Crippen LogP contribution in [-0.4, -0.2) is 87.9 Å². The first-order valence-corrected chi connectivity index (χ1v) is 25.2. The number of hydrogen-bond donors (Lipinski definition) is 0. The molecule has 0 aromatic carbocycles. The van der Waals surface area contributed by atoms with Gasteiger partial charge in [0.2, 0.25) is 0 Å². The molecule has 0 N–H and O–H groups in total. The van der Waals surface area contributed by atoms with Crippen LogP contribution < -0.4 is 0 Å². The van der Waals surface area contributed by atoms with E-state index in [1.165, 1.54) is 64.2 Å². The molecular formula is C50H91NO10. The number of nitrogens with zero attached hydrogens (tertiary/aromatic N) is 1. The summed E-state index contributed by atoms with van der Waals surface area (Å²) in [5, 5.41) is 0. The minimum atomic E-state index is -0.463. The number of ether oxygens (including phenoxy) is 5. The van der Waals surface area contributed by atoms with E-state index in [4.69, 9.17) is 23.7 Å². The smallest absolute Gasteiger partial charge is 0.310 e. The van der Waals surface area contributed by atoms with Crippen molar-refractivity contribution >= 4 is 29.8 Å². The largest absolute Gasteiger partial charge is 0.465 e. The van der Waals surface area contributed by atoms with Crippen molar-refractivity contribution < 1.29 is 47.7 Å². The molecular weight excluding hydrogens is 775 g/mol. The van der Waals surface area contributed by atoms with Crippen LogP contribution in [0.1, 0.15) is 220 Å². The molecule has 0 radical (unpaired) electrons. The summed E-state index contributed by atoms with van der Waals surface area (Å²) in [4.78, 5) is 65.2. The van der Waals surface area contributed by atoms with E-state index < -0.39 is 5.92 Å². The zero-order valence-corrected chi connectivity index (χ0v) is 39.6. The highest BCUT2D eigenvalue weighted by Crippen LogP contribution is 2.19. The first-order valence-electron chi connectivity index (χ1n) is 25.2. The second-order valence-corrected chi connectivity index (χ2v) is 17.9. The molecule has 0 bridgehead atoms. The molecule has 61 heavy (non-hydrogen) atoms. The third kappa shape index (κ3) is 34.5. The average molecular weight is 866 g/mol. The molecule has 1 heterocycles. The van der Waals surface area contributed by atoms with E-state index in [2.05, 4.69) is 25.7 Å². The summed E-state index contributed by atoms with van der Waals surface area (Å²) in [6.45, 7) is 8.42. The number of unbranched alkanes of at least 4 members (excludes halogenated alkanes) is 21. The Morgan fingerprint density at radius 1 is 0.426 bits per heavy atom. The van der Waals surface area contributed by atoms with Crippen molar-refractivity contribution in [1.29, 1.82) is 0 Å². The number of hydrogen-bond acceptors (Lipinski definition) is 11. The van der Waals surface area contributed by atoms with Gasteiger partial charge >= 0.3 is 29.8 Å². The molecule has 1 aliphatic heterocycles. The Morgan fingerprint density at radius 2 is 0.738 bits per heavy atom. The number of carbonyl (C=O) groups excluding carboxylic acids is 5. The molecule has 0 aromatic heterocycles. The van der Waals surface area contributed by atoms with Gasteiger partial charge in [0.05, 0.1) is 25.0 Å². The molecule has 11 nitrogen and oxygen atoms in total. The van der Waals surface area contributed by atoms with Crippen LogP contribution in [0.2, 0.25) is 0 Å². The quantitative estimate of drug-likeness (QED) is 0.0330. The molecule has 0 saturated carbocycles. The summed E-state index contributed by atoms with van der Waals surface area (Å²) in [7, 11) is 1.98. The zero-order valence-electron chi connectivity index (χ0n) is 39.6. The maximum absolute atomic E-state index is 12.8. The normalized spacial score (nSPS) is 14.5. The lowest BCUT2D eigenvalue weighted by molar-refractivity contribution is -0.156. The predicted molar refractivity (Wildman–Crippen MR) is 243 cm³/mol. The zero-order chi connectivity index (χ0) is 44.6. The van der Waals surface area contributed by atoms with Crippen molar-refractivity contribution in [3.05, 3.63) is 0 Å². The van der Waals surface area contributed by atoms with E-state index in [9.17, 15) is 24.0 Å². The predicted octanol–water partition coefficient (Wildman–Crippen LogP) is 11.6. The maximum Gasteiger partial charge on any atom is 0.310 e. The lowest BCUT2D eigenvalue weighted by atomic mass is 10.0. The number of likely N-dealkylation sites (tertiary alicyclic amines) is 1. The van der Waals surface area contributed by atoms with Crippen LogP contribution in [0.5, 0.6) is 0 Å². The average Bonchev–Trinajstić information content (AvgIpc) is 3.70. The fourth-order valence-corrected chi connectivity index (χ4v) is 7.67. The molecule has 0 spiro atoms. The second-order valence-electron chi connectivity index (χ2n) is 17.9. The molecule has 0 aromatic rings. The fraction of sp³-hybridized carbons (Fsp3) is 0.900.